The highest BCUT2D eigenvalue weighted by Crippen LogP contribution is 2.07. The first-order valence-corrected chi connectivity index (χ1v) is 6.87. The van der Waals surface area contributed by atoms with Crippen LogP contribution in [0.25, 0.3) is 0 Å². The van der Waals surface area contributed by atoms with Gasteiger partial charge in [0.25, 0.3) is 0 Å². The topological polar surface area (TPSA) is 49.3 Å². The van der Waals surface area contributed by atoms with E-state index in [4.69, 9.17) is 5.11 Å². The number of rotatable bonds is 7. The van der Waals surface area contributed by atoms with Gasteiger partial charge in [0.15, 0.2) is 0 Å². The number of aliphatic hydroxyl groups excluding tert-OH is 1. The molecule has 90 valence electrons. The lowest BCUT2D eigenvalue weighted by Gasteiger charge is -2.16. The van der Waals surface area contributed by atoms with Crippen molar-refractivity contribution in [3.63, 3.8) is 0 Å². The smallest absolute Gasteiger partial charge is 0.0545 e. The second kappa shape index (κ2) is 7.54. The highest BCUT2D eigenvalue weighted by molar-refractivity contribution is 7.85. The van der Waals surface area contributed by atoms with Crippen molar-refractivity contribution < 1.29 is 9.32 Å². The van der Waals surface area contributed by atoms with Gasteiger partial charge in [-0.15, -0.1) is 0 Å². The van der Waals surface area contributed by atoms with Crippen LogP contribution in [-0.4, -0.2) is 34.3 Å². The molecule has 1 rings (SSSR count). The van der Waals surface area contributed by atoms with Gasteiger partial charge in [-0.05, 0) is 25.1 Å². The number of hydrogen-bond acceptors (Lipinski definition) is 3. The first kappa shape index (κ1) is 13.4. The Kier molecular flexibility index (Phi) is 6.30. The molecule has 0 aliphatic carbocycles. The van der Waals surface area contributed by atoms with Crippen LogP contribution < -0.4 is 5.32 Å². The van der Waals surface area contributed by atoms with Crippen molar-refractivity contribution in [1.82, 2.24) is 5.32 Å². The summed E-state index contributed by atoms with van der Waals surface area (Å²) in [7, 11) is -0.990. The van der Waals surface area contributed by atoms with Gasteiger partial charge in [-0.2, -0.15) is 0 Å². The van der Waals surface area contributed by atoms with Crippen LogP contribution in [0, 0.1) is 0 Å². The highest BCUT2D eigenvalue weighted by atomic mass is 32.2. The Morgan fingerprint density at radius 3 is 2.62 bits per heavy atom. The summed E-state index contributed by atoms with van der Waals surface area (Å²) in [5.74, 6) is 0.554. The standard InChI is InChI=1S/C12H19NO2S/c1-2-13-11(8-9-14)10-16(15)12-6-4-3-5-7-12/h3-7,11,13-14H,2,8-10H2,1H3. The fourth-order valence-electron chi connectivity index (χ4n) is 1.54. The van der Waals surface area contributed by atoms with Gasteiger partial charge in [0.2, 0.25) is 0 Å². The maximum atomic E-state index is 12.0. The summed E-state index contributed by atoms with van der Waals surface area (Å²) in [6.45, 7) is 2.97. The van der Waals surface area contributed by atoms with Gasteiger partial charge in [-0.25, -0.2) is 0 Å². The van der Waals surface area contributed by atoms with E-state index < -0.39 is 10.8 Å². The van der Waals surface area contributed by atoms with Gasteiger partial charge in [-0.1, -0.05) is 25.1 Å². The van der Waals surface area contributed by atoms with Gasteiger partial charge in [0.1, 0.15) is 0 Å². The van der Waals surface area contributed by atoms with Gasteiger partial charge in [-0.3, -0.25) is 4.21 Å². The van der Waals surface area contributed by atoms with Crippen LogP contribution in [0.15, 0.2) is 35.2 Å². The Bertz CT molecular complexity index is 310. The van der Waals surface area contributed by atoms with Crippen molar-refractivity contribution in [3.05, 3.63) is 30.3 Å². The zero-order valence-electron chi connectivity index (χ0n) is 9.56. The molecule has 2 N–H and O–H groups in total. The Labute approximate surface area is 99.3 Å². The molecule has 1 aromatic rings. The lowest BCUT2D eigenvalue weighted by atomic mass is 10.2. The molecule has 0 aromatic heterocycles. The van der Waals surface area contributed by atoms with E-state index in [1.165, 1.54) is 0 Å². The van der Waals surface area contributed by atoms with Crippen LogP contribution in [0.1, 0.15) is 13.3 Å². The zero-order valence-corrected chi connectivity index (χ0v) is 10.4. The minimum absolute atomic E-state index is 0.121. The average Bonchev–Trinajstić information content (AvgIpc) is 2.31. The Morgan fingerprint density at radius 1 is 1.38 bits per heavy atom. The molecule has 0 amide bonds. The summed E-state index contributed by atoms with van der Waals surface area (Å²) < 4.78 is 12.0. The summed E-state index contributed by atoms with van der Waals surface area (Å²) >= 11 is 0. The summed E-state index contributed by atoms with van der Waals surface area (Å²) in [6.07, 6.45) is 0.645. The average molecular weight is 241 g/mol. The van der Waals surface area contributed by atoms with E-state index in [-0.39, 0.29) is 12.6 Å². The van der Waals surface area contributed by atoms with E-state index >= 15 is 0 Å². The molecule has 0 bridgehead atoms. The third-order valence-corrected chi connectivity index (χ3v) is 3.83. The summed E-state index contributed by atoms with van der Waals surface area (Å²) in [5.41, 5.74) is 0. The van der Waals surface area contributed by atoms with E-state index in [2.05, 4.69) is 5.32 Å². The highest BCUT2D eigenvalue weighted by Gasteiger charge is 2.12. The fourth-order valence-corrected chi connectivity index (χ4v) is 2.84. The normalized spacial score (nSPS) is 14.6. The van der Waals surface area contributed by atoms with E-state index in [1.54, 1.807) is 0 Å². The molecule has 0 fully saturated rings. The molecule has 0 radical (unpaired) electrons. The Morgan fingerprint density at radius 2 is 2.06 bits per heavy atom. The predicted molar refractivity (Wildman–Crippen MR) is 66.9 cm³/mol. The lowest BCUT2D eigenvalue weighted by Crippen LogP contribution is -2.34. The van der Waals surface area contributed by atoms with Gasteiger partial charge in [0.05, 0.1) is 10.8 Å². The molecule has 0 saturated heterocycles. The van der Waals surface area contributed by atoms with Crippen molar-refractivity contribution in [2.45, 2.75) is 24.3 Å². The van der Waals surface area contributed by atoms with E-state index in [0.717, 1.165) is 11.4 Å². The van der Waals surface area contributed by atoms with Gasteiger partial charge in [0, 0.05) is 23.3 Å². The maximum Gasteiger partial charge on any atom is 0.0545 e. The van der Waals surface area contributed by atoms with Crippen LogP contribution >= 0.6 is 0 Å². The number of aliphatic hydroxyl groups is 1. The molecule has 0 aliphatic heterocycles. The molecule has 16 heavy (non-hydrogen) atoms. The molecule has 0 aliphatic rings. The lowest BCUT2D eigenvalue weighted by molar-refractivity contribution is 0.270. The molecule has 2 unspecified atom stereocenters. The molecular formula is C12H19NO2S. The van der Waals surface area contributed by atoms with Gasteiger partial charge >= 0.3 is 0 Å². The first-order valence-electron chi connectivity index (χ1n) is 5.55. The van der Waals surface area contributed by atoms with Crippen LogP contribution in [0.4, 0.5) is 0 Å². The maximum absolute atomic E-state index is 12.0. The van der Waals surface area contributed by atoms with Crippen molar-refractivity contribution in [2.24, 2.45) is 0 Å². The van der Waals surface area contributed by atoms with Gasteiger partial charge < -0.3 is 10.4 Å². The summed E-state index contributed by atoms with van der Waals surface area (Å²) in [6, 6.07) is 9.56. The second-order valence-corrected chi connectivity index (χ2v) is 5.09. The monoisotopic (exact) mass is 241 g/mol. The number of nitrogens with one attached hydrogen (secondary N) is 1. The van der Waals surface area contributed by atoms with Crippen molar-refractivity contribution >= 4 is 10.8 Å². The second-order valence-electron chi connectivity index (χ2n) is 3.59. The minimum atomic E-state index is -0.990. The van der Waals surface area contributed by atoms with Crippen LogP contribution in [0.2, 0.25) is 0 Å². The molecule has 4 heteroatoms. The van der Waals surface area contributed by atoms with Crippen LogP contribution in [0.3, 0.4) is 0 Å². The summed E-state index contributed by atoms with van der Waals surface area (Å²) in [5, 5.41) is 12.1. The van der Waals surface area contributed by atoms with Crippen molar-refractivity contribution in [2.75, 3.05) is 18.9 Å². The molecule has 2 atom stereocenters. The molecule has 3 nitrogen and oxygen atoms in total. The largest absolute Gasteiger partial charge is 0.396 e. The quantitative estimate of drug-likeness (QED) is 0.753. The third kappa shape index (κ3) is 4.43. The fraction of sp³-hybridized carbons (Fsp3) is 0.500. The van der Waals surface area contributed by atoms with E-state index in [0.29, 0.717) is 12.2 Å². The molecule has 1 aromatic carbocycles. The Balaban J connectivity index is 2.54. The Hall–Kier alpha value is -0.710. The number of hydrogen-bond donors (Lipinski definition) is 2. The van der Waals surface area contributed by atoms with Crippen LogP contribution in [-0.2, 0) is 10.8 Å². The van der Waals surface area contributed by atoms with E-state index in [9.17, 15) is 4.21 Å². The van der Waals surface area contributed by atoms with Crippen molar-refractivity contribution in [1.29, 1.82) is 0 Å². The minimum Gasteiger partial charge on any atom is -0.396 e. The SMILES string of the molecule is CCNC(CCO)CS(=O)c1ccccc1. The molecule has 0 saturated carbocycles. The number of benzene rings is 1. The van der Waals surface area contributed by atoms with Crippen molar-refractivity contribution in [3.8, 4) is 0 Å². The first-order chi connectivity index (χ1) is 7.77. The molecule has 0 spiro atoms. The van der Waals surface area contributed by atoms with Crippen LogP contribution in [0.5, 0.6) is 0 Å². The summed E-state index contributed by atoms with van der Waals surface area (Å²) in [4.78, 5) is 0.850. The predicted octanol–water partition coefficient (Wildman–Crippen LogP) is 1.15. The third-order valence-electron chi connectivity index (χ3n) is 2.33. The molecule has 0 heterocycles. The molecular weight excluding hydrogens is 222 g/mol. The van der Waals surface area contributed by atoms with E-state index in [1.807, 2.05) is 37.3 Å². The zero-order chi connectivity index (χ0) is 11.8.